The molecule has 74 valence electrons. The SMILES string of the molecule is C[C@H]1CC[C@@H]2Nc3ccccc3[C@@H]2C1. The fourth-order valence-electron chi connectivity index (χ4n) is 3.05. The fourth-order valence-corrected chi connectivity index (χ4v) is 3.05. The van der Waals surface area contributed by atoms with Gasteiger partial charge in [0, 0.05) is 17.6 Å². The number of fused-ring (bicyclic) bond motifs is 3. The van der Waals surface area contributed by atoms with E-state index < -0.39 is 0 Å². The van der Waals surface area contributed by atoms with E-state index in [1.165, 1.54) is 24.9 Å². The molecule has 1 heterocycles. The Balaban J connectivity index is 1.97. The Bertz CT molecular complexity index is 345. The summed E-state index contributed by atoms with van der Waals surface area (Å²) in [7, 11) is 0. The highest BCUT2D eigenvalue weighted by Crippen LogP contribution is 2.45. The number of nitrogens with one attached hydrogen (secondary N) is 1. The average Bonchev–Trinajstić information content (AvgIpc) is 2.56. The summed E-state index contributed by atoms with van der Waals surface area (Å²) in [5.41, 5.74) is 2.95. The minimum Gasteiger partial charge on any atom is -0.381 e. The van der Waals surface area contributed by atoms with E-state index in [0.717, 1.165) is 17.9 Å². The van der Waals surface area contributed by atoms with Crippen molar-refractivity contribution in [3.05, 3.63) is 29.8 Å². The molecule has 2 aliphatic rings. The molecule has 1 fully saturated rings. The molecule has 1 aliphatic heterocycles. The maximum absolute atomic E-state index is 3.66. The molecule has 14 heavy (non-hydrogen) atoms. The fraction of sp³-hybridized carbons (Fsp3) is 0.538. The van der Waals surface area contributed by atoms with Gasteiger partial charge in [0.05, 0.1) is 0 Å². The standard InChI is InChI=1S/C13H17N/c1-9-6-7-13-11(8-9)10-4-2-3-5-12(10)14-13/h2-5,9,11,13-14H,6-8H2,1H3/t9-,11-,13-/m0/s1. The van der Waals surface area contributed by atoms with Gasteiger partial charge in [-0.15, -0.1) is 0 Å². The van der Waals surface area contributed by atoms with Crippen LogP contribution in [-0.4, -0.2) is 6.04 Å². The molecule has 1 aromatic carbocycles. The van der Waals surface area contributed by atoms with Gasteiger partial charge in [-0.3, -0.25) is 0 Å². The normalized spacial score (nSPS) is 34.5. The van der Waals surface area contributed by atoms with Gasteiger partial charge < -0.3 is 5.32 Å². The smallest absolute Gasteiger partial charge is 0.0378 e. The van der Waals surface area contributed by atoms with Crippen molar-refractivity contribution < 1.29 is 0 Å². The summed E-state index contributed by atoms with van der Waals surface area (Å²) in [5, 5.41) is 3.66. The Kier molecular flexibility index (Phi) is 1.79. The molecule has 1 aromatic rings. The van der Waals surface area contributed by atoms with Crippen LogP contribution in [0.25, 0.3) is 0 Å². The molecule has 3 rings (SSSR count). The Morgan fingerprint density at radius 2 is 2.07 bits per heavy atom. The van der Waals surface area contributed by atoms with Gasteiger partial charge in [0.2, 0.25) is 0 Å². The number of para-hydroxylation sites is 1. The lowest BCUT2D eigenvalue weighted by atomic mass is 9.77. The Labute approximate surface area is 85.5 Å². The van der Waals surface area contributed by atoms with Crippen molar-refractivity contribution in [2.75, 3.05) is 5.32 Å². The number of hydrogen-bond donors (Lipinski definition) is 1. The van der Waals surface area contributed by atoms with Crippen LogP contribution in [0.2, 0.25) is 0 Å². The van der Waals surface area contributed by atoms with Gasteiger partial charge >= 0.3 is 0 Å². The van der Waals surface area contributed by atoms with Gasteiger partial charge in [-0.05, 0) is 36.8 Å². The molecule has 1 N–H and O–H groups in total. The van der Waals surface area contributed by atoms with Crippen molar-refractivity contribution in [2.24, 2.45) is 5.92 Å². The second-order valence-corrected chi connectivity index (χ2v) is 4.86. The van der Waals surface area contributed by atoms with Crippen LogP contribution in [0.1, 0.15) is 37.7 Å². The summed E-state index contributed by atoms with van der Waals surface area (Å²) in [4.78, 5) is 0. The third-order valence-electron chi connectivity index (χ3n) is 3.81. The minimum absolute atomic E-state index is 0.726. The zero-order chi connectivity index (χ0) is 9.54. The highest BCUT2D eigenvalue weighted by Gasteiger charge is 2.35. The summed E-state index contributed by atoms with van der Waals surface area (Å²) >= 11 is 0. The molecule has 0 aromatic heterocycles. The molecule has 1 saturated carbocycles. The molecule has 0 saturated heterocycles. The molecule has 3 atom stereocenters. The Morgan fingerprint density at radius 3 is 3.00 bits per heavy atom. The lowest BCUT2D eigenvalue weighted by Gasteiger charge is -2.29. The lowest BCUT2D eigenvalue weighted by molar-refractivity contribution is 0.331. The minimum atomic E-state index is 0.726. The molecule has 0 spiro atoms. The quantitative estimate of drug-likeness (QED) is 0.656. The topological polar surface area (TPSA) is 12.0 Å². The molecule has 1 nitrogen and oxygen atoms in total. The first-order chi connectivity index (χ1) is 6.84. The van der Waals surface area contributed by atoms with Crippen LogP contribution in [0.15, 0.2) is 24.3 Å². The van der Waals surface area contributed by atoms with Crippen molar-refractivity contribution in [1.29, 1.82) is 0 Å². The first-order valence-electron chi connectivity index (χ1n) is 5.70. The Hall–Kier alpha value is -0.980. The molecule has 0 amide bonds. The molecule has 1 heteroatoms. The molecule has 0 unspecified atom stereocenters. The van der Waals surface area contributed by atoms with Crippen LogP contribution < -0.4 is 5.32 Å². The van der Waals surface area contributed by atoms with Gasteiger partial charge in [0.15, 0.2) is 0 Å². The van der Waals surface area contributed by atoms with Gasteiger partial charge in [-0.25, -0.2) is 0 Å². The second kappa shape index (κ2) is 3.01. The van der Waals surface area contributed by atoms with Gasteiger partial charge in [0.25, 0.3) is 0 Å². The van der Waals surface area contributed by atoms with Gasteiger partial charge in [-0.2, -0.15) is 0 Å². The van der Waals surface area contributed by atoms with Crippen molar-refractivity contribution in [2.45, 2.75) is 38.1 Å². The average molecular weight is 187 g/mol. The predicted octanol–water partition coefficient (Wildman–Crippen LogP) is 3.38. The number of hydrogen-bond acceptors (Lipinski definition) is 1. The highest BCUT2D eigenvalue weighted by molar-refractivity contribution is 5.59. The van der Waals surface area contributed by atoms with Gasteiger partial charge in [0.1, 0.15) is 0 Å². The molecular weight excluding hydrogens is 170 g/mol. The zero-order valence-electron chi connectivity index (χ0n) is 8.66. The van der Waals surface area contributed by atoms with Crippen LogP contribution >= 0.6 is 0 Å². The summed E-state index contributed by atoms with van der Waals surface area (Å²) in [6.07, 6.45) is 4.11. The highest BCUT2D eigenvalue weighted by atomic mass is 15.0. The summed E-state index contributed by atoms with van der Waals surface area (Å²) < 4.78 is 0. The van der Waals surface area contributed by atoms with E-state index in [0.29, 0.717) is 0 Å². The van der Waals surface area contributed by atoms with Crippen LogP contribution in [-0.2, 0) is 0 Å². The van der Waals surface area contributed by atoms with E-state index >= 15 is 0 Å². The van der Waals surface area contributed by atoms with Crippen molar-refractivity contribution >= 4 is 5.69 Å². The predicted molar refractivity (Wildman–Crippen MR) is 59.6 cm³/mol. The van der Waals surface area contributed by atoms with E-state index in [1.54, 1.807) is 5.56 Å². The monoisotopic (exact) mass is 187 g/mol. The summed E-state index contributed by atoms with van der Waals surface area (Å²) in [6, 6.07) is 9.54. The summed E-state index contributed by atoms with van der Waals surface area (Å²) in [6.45, 7) is 2.39. The third-order valence-corrected chi connectivity index (χ3v) is 3.81. The number of benzene rings is 1. The molecular formula is C13H17N. The van der Waals surface area contributed by atoms with Crippen molar-refractivity contribution in [1.82, 2.24) is 0 Å². The van der Waals surface area contributed by atoms with Crippen LogP contribution in [0.5, 0.6) is 0 Å². The van der Waals surface area contributed by atoms with Crippen molar-refractivity contribution in [3.63, 3.8) is 0 Å². The second-order valence-electron chi connectivity index (χ2n) is 4.86. The Morgan fingerprint density at radius 1 is 1.21 bits per heavy atom. The van der Waals surface area contributed by atoms with Gasteiger partial charge in [-0.1, -0.05) is 25.1 Å². The van der Waals surface area contributed by atoms with E-state index in [9.17, 15) is 0 Å². The third kappa shape index (κ3) is 1.15. The molecule has 0 radical (unpaired) electrons. The molecule has 0 bridgehead atoms. The zero-order valence-corrected chi connectivity index (χ0v) is 8.66. The van der Waals surface area contributed by atoms with Crippen LogP contribution in [0, 0.1) is 5.92 Å². The first kappa shape index (κ1) is 8.34. The van der Waals surface area contributed by atoms with Crippen LogP contribution in [0.4, 0.5) is 5.69 Å². The van der Waals surface area contributed by atoms with Crippen LogP contribution in [0.3, 0.4) is 0 Å². The lowest BCUT2D eigenvalue weighted by Crippen LogP contribution is -2.27. The van der Waals surface area contributed by atoms with E-state index in [1.807, 2.05) is 0 Å². The maximum Gasteiger partial charge on any atom is 0.0378 e. The maximum atomic E-state index is 3.66. The number of anilines is 1. The van der Waals surface area contributed by atoms with Crippen molar-refractivity contribution in [3.8, 4) is 0 Å². The first-order valence-corrected chi connectivity index (χ1v) is 5.70. The largest absolute Gasteiger partial charge is 0.381 e. The summed E-state index contributed by atoms with van der Waals surface area (Å²) in [5.74, 6) is 1.69. The number of rotatable bonds is 0. The molecule has 1 aliphatic carbocycles. The van der Waals surface area contributed by atoms with E-state index in [-0.39, 0.29) is 0 Å². The van der Waals surface area contributed by atoms with E-state index in [4.69, 9.17) is 0 Å². The van der Waals surface area contributed by atoms with E-state index in [2.05, 4.69) is 36.5 Å².